The monoisotopic (exact) mass is 206 g/mol. The minimum absolute atomic E-state index is 1.09. The van der Waals surface area contributed by atoms with E-state index in [2.05, 4.69) is 51.2 Å². The normalized spacial score (nSPS) is 14.9. The fraction of sp³-hybridized carbons (Fsp3) is 0.571. The van der Waals surface area contributed by atoms with Crippen molar-refractivity contribution in [2.75, 3.05) is 20.1 Å². The molecule has 0 aliphatic rings. The van der Waals surface area contributed by atoms with Crippen LogP contribution in [0, 0.1) is 0 Å². The lowest BCUT2D eigenvalue weighted by Crippen LogP contribution is -2.46. The molecule has 0 fully saturated rings. The van der Waals surface area contributed by atoms with E-state index in [1.54, 1.807) is 0 Å². The Balaban J connectivity index is 2.80. The maximum Gasteiger partial charge on any atom is 0.132 e. The number of hydrogen-bond acceptors (Lipinski definition) is 0. The molecular weight excluding hydrogens is 182 g/mol. The van der Waals surface area contributed by atoms with E-state index in [1.807, 2.05) is 0 Å². The van der Waals surface area contributed by atoms with E-state index < -0.39 is 0 Å². The van der Waals surface area contributed by atoms with Crippen LogP contribution >= 0.6 is 0 Å². The van der Waals surface area contributed by atoms with Gasteiger partial charge in [0.05, 0.1) is 20.1 Å². The first-order chi connectivity index (χ1) is 7.23. The van der Waals surface area contributed by atoms with Gasteiger partial charge in [-0.15, -0.1) is 0 Å². The highest BCUT2D eigenvalue weighted by molar-refractivity contribution is 5.41. The summed E-state index contributed by atoms with van der Waals surface area (Å²) >= 11 is 0. The van der Waals surface area contributed by atoms with Gasteiger partial charge in [-0.2, -0.15) is 0 Å². The van der Waals surface area contributed by atoms with Crippen molar-refractivity contribution >= 4 is 5.69 Å². The first-order valence-corrected chi connectivity index (χ1v) is 6.13. The van der Waals surface area contributed by atoms with E-state index in [1.165, 1.54) is 38.0 Å². The molecular formula is C14H24N+. The number of unbranched alkanes of at least 4 members (excludes halogenated alkanes) is 1. The van der Waals surface area contributed by atoms with Crippen LogP contribution in [0.1, 0.15) is 33.1 Å². The fourth-order valence-electron chi connectivity index (χ4n) is 2.16. The van der Waals surface area contributed by atoms with Gasteiger partial charge >= 0.3 is 0 Å². The predicted molar refractivity (Wildman–Crippen MR) is 69.1 cm³/mol. The third-order valence-corrected chi connectivity index (χ3v) is 3.10. The first-order valence-electron chi connectivity index (χ1n) is 6.13. The number of nitrogens with zero attached hydrogens (tertiary/aromatic N) is 1. The van der Waals surface area contributed by atoms with E-state index >= 15 is 0 Å². The molecule has 0 saturated heterocycles. The predicted octanol–water partition coefficient (Wildman–Crippen LogP) is 3.83. The molecule has 1 nitrogen and oxygen atoms in total. The second-order valence-electron chi connectivity index (χ2n) is 4.53. The van der Waals surface area contributed by atoms with E-state index in [0.29, 0.717) is 0 Å². The Bertz CT molecular complexity index is 268. The zero-order valence-electron chi connectivity index (χ0n) is 10.4. The number of quaternary nitrogens is 1. The van der Waals surface area contributed by atoms with Crippen LogP contribution in [0.25, 0.3) is 0 Å². The molecule has 84 valence electrons. The Hall–Kier alpha value is -0.820. The van der Waals surface area contributed by atoms with Gasteiger partial charge in [-0.05, 0) is 25.0 Å². The van der Waals surface area contributed by atoms with Crippen LogP contribution in [0.4, 0.5) is 5.69 Å². The largest absolute Gasteiger partial charge is 0.294 e. The van der Waals surface area contributed by atoms with Gasteiger partial charge in [-0.25, -0.2) is 0 Å². The summed E-state index contributed by atoms with van der Waals surface area (Å²) < 4.78 is 1.09. The topological polar surface area (TPSA) is 0 Å². The van der Waals surface area contributed by atoms with Crippen molar-refractivity contribution in [3.05, 3.63) is 30.3 Å². The smallest absolute Gasteiger partial charge is 0.132 e. The Kier molecular flexibility index (Phi) is 4.83. The van der Waals surface area contributed by atoms with Gasteiger partial charge in [0, 0.05) is 0 Å². The molecule has 1 aromatic carbocycles. The Morgan fingerprint density at radius 3 is 2.13 bits per heavy atom. The molecule has 15 heavy (non-hydrogen) atoms. The van der Waals surface area contributed by atoms with Crippen molar-refractivity contribution in [1.82, 2.24) is 4.48 Å². The number of benzene rings is 1. The average Bonchev–Trinajstić information content (AvgIpc) is 2.28. The highest BCUT2D eigenvalue weighted by Crippen LogP contribution is 2.21. The molecule has 1 heteroatoms. The Morgan fingerprint density at radius 2 is 1.60 bits per heavy atom. The summed E-state index contributed by atoms with van der Waals surface area (Å²) in [7, 11) is 2.36. The van der Waals surface area contributed by atoms with E-state index in [-0.39, 0.29) is 0 Å². The molecule has 1 aromatic rings. The van der Waals surface area contributed by atoms with Gasteiger partial charge in [0.1, 0.15) is 5.69 Å². The second kappa shape index (κ2) is 5.92. The summed E-state index contributed by atoms with van der Waals surface area (Å²) in [6.07, 6.45) is 3.84. The zero-order valence-corrected chi connectivity index (χ0v) is 10.4. The summed E-state index contributed by atoms with van der Waals surface area (Å²) in [6, 6.07) is 10.9. The molecule has 0 radical (unpaired) electrons. The Morgan fingerprint density at radius 1 is 0.933 bits per heavy atom. The zero-order chi connectivity index (χ0) is 11.1. The molecule has 0 aromatic heterocycles. The van der Waals surface area contributed by atoms with Crippen LogP contribution < -0.4 is 4.48 Å². The lowest BCUT2D eigenvalue weighted by molar-refractivity contribution is 0.323. The van der Waals surface area contributed by atoms with Crippen LogP contribution in [0.3, 0.4) is 0 Å². The van der Waals surface area contributed by atoms with Gasteiger partial charge < -0.3 is 0 Å². The van der Waals surface area contributed by atoms with Gasteiger partial charge in [-0.3, -0.25) is 4.48 Å². The summed E-state index contributed by atoms with van der Waals surface area (Å²) in [5.74, 6) is 0. The molecule has 0 aliphatic carbocycles. The molecule has 0 heterocycles. The second-order valence-corrected chi connectivity index (χ2v) is 4.53. The van der Waals surface area contributed by atoms with Crippen molar-refractivity contribution in [3.8, 4) is 0 Å². The van der Waals surface area contributed by atoms with Crippen LogP contribution in [-0.2, 0) is 0 Å². The lowest BCUT2D eigenvalue weighted by Gasteiger charge is -2.33. The summed E-state index contributed by atoms with van der Waals surface area (Å²) in [5.41, 5.74) is 1.45. The summed E-state index contributed by atoms with van der Waals surface area (Å²) in [5, 5.41) is 0. The molecule has 0 saturated carbocycles. The van der Waals surface area contributed by atoms with Crippen molar-refractivity contribution < 1.29 is 0 Å². The third-order valence-electron chi connectivity index (χ3n) is 3.10. The summed E-state index contributed by atoms with van der Waals surface area (Å²) in [4.78, 5) is 0. The number of para-hydroxylation sites is 1. The quantitative estimate of drug-likeness (QED) is 0.620. The van der Waals surface area contributed by atoms with Gasteiger partial charge in [0.25, 0.3) is 0 Å². The highest BCUT2D eigenvalue weighted by atomic mass is 15.3. The molecule has 0 N–H and O–H groups in total. The maximum atomic E-state index is 2.36. The minimum Gasteiger partial charge on any atom is -0.294 e. The van der Waals surface area contributed by atoms with Crippen LogP contribution in [0.2, 0.25) is 0 Å². The van der Waals surface area contributed by atoms with Crippen molar-refractivity contribution in [2.45, 2.75) is 33.1 Å². The Labute approximate surface area is 94.3 Å². The molecule has 1 unspecified atom stereocenters. The number of hydrogen-bond donors (Lipinski definition) is 0. The lowest BCUT2D eigenvalue weighted by atomic mass is 10.2. The molecule has 0 bridgehead atoms. The van der Waals surface area contributed by atoms with Crippen molar-refractivity contribution in [1.29, 1.82) is 0 Å². The molecule has 1 rings (SSSR count). The molecule has 1 atom stereocenters. The maximum absolute atomic E-state index is 2.36. The van der Waals surface area contributed by atoms with Gasteiger partial charge in [0.15, 0.2) is 0 Å². The van der Waals surface area contributed by atoms with Gasteiger partial charge in [0.2, 0.25) is 0 Å². The van der Waals surface area contributed by atoms with Crippen LogP contribution in [-0.4, -0.2) is 20.1 Å². The molecule has 0 spiro atoms. The standard InChI is InChI=1S/C14H24N/c1-4-6-13-15(3,12-5-2)14-10-8-7-9-11-14/h7-11H,4-6,12-13H2,1-3H3/q+1. The third kappa shape index (κ3) is 3.35. The van der Waals surface area contributed by atoms with Crippen molar-refractivity contribution in [2.24, 2.45) is 0 Å². The summed E-state index contributed by atoms with van der Waals surface area (Å²) in [6.45, 7) is 7.03. The first kappa shape index (κ1) is 12.3. The van der Waals surface area contributed by atoms with E-state index in [9.17, 15) is 0 Å². The molecule has 0 aliphatic heterocycles. The van der Waals surface area contributed by atoms with Gasteiger partial charge in [-0.1, -0.05) is 38.5 Å². The minimum atomic E-state index is 1.09. The van der Waals surface area contributed by atoms with E-state index in [0.717, 1.165) is 4.48 Å². The number of rotatable bonds is 6. The fourth-order valence-corrected chi connectivity index (χ4v) is 2.16. The SMILES string of the molecule is CCCC[N+](C)(CCC)c1ccccc1. The highest BCUT2D eigenvalue weighted by Gasteiger charge is 2.22. The van der Waals surface area contributed by atoms with Crippen molar-refractivity contribution in [3.63, 3.8) is 0 Å². The van der Waals surface area contributed by atoms with Crippen LogP contribution in [0.15, 0.2) is 30.3 Å². The van der Waals surface area contributed by atoms with Crippen LogP contribution in [0.5, 0.6) is 0 Å². The van der Waals surface area contributed by atoms with E-state index in [4.69, 9.17) is 0 Å². The molecule has 0 amide bonds. The average molecular weight is 206 g/mol.